The molecule has 348 valence electrons. The zero-order valence-corrected chi connectivity index (χ0v) is 38.3. The second-order valence-corrected chi connectivity index (χ2v) is 16.6. The number of benzene rings is 7. The van der Waals surface area contributed by atoms with Gasteiger partial charge in [0.05, 0.1) is 38.6 Å². The van der Waals surface area contributed by atoms with Crippen molar-refractivity contribution in [1.82, 2.24) is 0 Å². The minimum atomic E-state index is -1.11. The van der Waals surface area contributed by atoms with Crippen molar-refractivity contribution in [3.8, 4) is 17.2 Å². The minimum absolute atomic E-state index is 0.0460. The number of carbonyl (C=O) groups excluding carboxylic acids is 2. The van der Waals surface area contributed by atoms with Gasteiger partial charge in [0.2, 0.25) is 0 Å². The van der Waals surface area contributed by atoms with Gasteiger partial charge in [0, 0.05) is 13.0 Å². The molecular weight excluding hydrogens is 857 g/mol. The van der Waals surface area contributed by atoms with Crippen molar-refractivity contribution in [2.24, 2.45) is 0 Å². The first kappa shape index (κ1) is 47.6. The number of ketones is 1. The molecule has 10 nitrogen and oxygen atoms in total. The largest absolute Gasteiger partial charge is 0.488 e. The van der Waals surface area contributed by atoms with Crippen LogP contribution < -0.4 is 14.2 Å². The summed E-state index contributed by atoms with van der Waals surface area (Å²) in [6.07, 6.45) is -4.48. The Morgan fingerprint density at radius 1 is 0.456 bits per heavy atom. The molecule has 0 aliphatic carbocycles. The van der Waals surface area contributed by atoms with Crippen molar-refractivity contribution in [1.29, 1.82) is 0 Å². The van der Waals surface area contributed by atoms with Crippen LogP contribution in [0.5, 0.6) is 17.2 Å². The van der Waals surface area contributed by atoms with Crippen LogP contribution in [0.1, 0.15) is 69.3 Å². The van der Waals surface area contributed by atoms with Crippen LogP contribution in [0.4, 0.5) is 0 Å². The van der Waals surface area contributed by atoms with Crippen LogP contribution in [0.2, 0.25) is 0 Å². The highest BCUT2D eigenvalue weighted by Gasteiger charge is 2.51. The van der Waals surface area contributed by atoms with Gasteiger partial charge in [-0.1, -0.05) is 182 Å². The van der Waals surface area contributed by atoms with Crippen LogP contribution in [-0.4, -0.2) is 42.8 Å². The van der Waals surface area contributed by atoms with Gasteiger partial charge in [-0.25, -0.2) is 0 Å². The molecular formula is C58H56O10. The fraction of sp³-hybridized carbons (Fsp3) is 0.241. The predicted molar refractivity (Wildman–Crippen MR) is 258 cm³/mol. The van der Waals surface area contributed by atoms with E-state index in [9.17, 15) is 9.59 Å². The maximum Gasteiger partial charge on any atom is 0.308 e. The van der Waals surface area contributed by atoms with Crippen molar-refractivity contribution < 1.29 is 47.5 Å². The summed E-state index contributed by atoms with van der Waals surface area (Å²) in [5.74, 6) is -0.700. The normalized spacial score (nSPS) is 17.8. The van der Waals surface area contributed by atoms with Crippen molar-refractivity contribution in [2.45, 2.75) is 84.0 Å². The van der Waals surface area contributed by atoms with Crippen LogP contribution in [0.15, 0.2) is 188 Å². The average molecular weight is 913 g/mol. The molecule has 7 aromatic carbocycles. The Morgan fingerprint density at radius 3 is 1.26 bits per heavy atom. The van der Waals surface area contributed by atoms with Crippen molar-refractivity contribution in [2.75, 3.05) is 6.61 Å². The summed E-state index contributed by atoms with van der Waals surface area (Å²) in [4.78, 5) is 27.5. The van der Waals surface area contributed by atoms with Crippen LogP contribution in [0.3, 0.4) is 0 Å². The lowest BCUT2D eigenvalue weighted by Crippen LogP contribution is -2.58. The molecule has 68 heavy (non-hydrogen) atoms. The lowest BCUT2D eigenvalue weighted by atomic mass is 9.88. The lowest BCUT2D eigenvalue weighted by molar-refractivity contribution is -0.275. The highest BCUT2D eigenvalue weighted by molar-refractivity contribution is 6.01. The van der Waals surface area contributed by atoms with E-state index in [4.69, 9.17) is 37.9 Å². The van der Waals surface area contributed by atoms with Gasteiger partial charge in [-0.05, 0) is 40.3 Å². The van der Waals surface area contributed by atoms with E-state index in [1.54, 1.807) is 6.07 Å². The molecule has 1 fully saturated rings. The molecule has 1 aliphatic rings. The van der Waals surface area contributed by atoms with Crippen LogP contribution >= 0.6 is 0 Å². The predicted octanol–water partition coefficient (Wildman–Crippen LogP) is 11.4. The molecule has 0 bridgehead atoms. The van der Waals surface area contributed by atoms with E-state index in [-0.39, 0.29) is 68.0 Å². The van der Waals surface area contributed by atoms with Gasteiger partial charge in [-0.3, -0.25) is 9.59 Å². The molecule has 1 heterocycles. The second kappa shape index (κ2) is 24.2. The quantitative estimate of drug-likeness (QED) is 0.0370. The smallest absolute Gasteiger partial charge is 0.308 e. The van der Waals surface area contributed by atoms with Crippen molar-refractivity contribution in [3.63, 3.8) is 0 Å². The molecule has 10 heteroatoms. The number of hydrogen-bond acceptors (Lipinski definition) is 10. The van der Waals surface area contributed by atoms with Crippen molar-refractivity contribution in [3.05, 3.63) is 233 Å². The van der Waals surface area contributed by atoms with Gasteiger partial charge in [-0.2, -0.15) is 0 Å². The highest BCUT2D eigenvalue weighted by atomic mass is 16.6. The van der Waals surface area contributed by atoms with Gasteiger partial charge in [0.25, 0.3) is 0 Å². The first-order chi connectivity index (χ1) is 33.4. The number of hydrogen-bond donors (Lipinski definition) is 0. The Labute approximate surface area is 398 Å². The monoisotopic (exact) mass is 912 g/mol. The molecule has 0 amide bonds. The van der Waals surface area contributed by atoms with Gasteiger partial charge in [0.1, 0.15) is 60.8 Å². The highest BCUT2D eigenvalue weighted by Crippen LogP contribution is 2.50. The first-order valence-electron chi connectivity index (χ1n) is 22.9. The standard InChI is InChI=1S/C58H56O10/c1-41(59)52-49(62-35-44-23-11-4-12-24-44)33-50(63-36-45-25-13-5-14-26-45)53(55(52)67-42(2)60)56-58(66-39-48-31-19-8-20-32-48)57(65-38-47-29-17-7-18-30-47)54(64-37-46-27-15-6-16-28-46)51(68-56)40-61-34-43-21-9-3-10-22-43/h3-33,51,54,56-58H,34-40H2,1-2H3/t51-,54-,56+,57+,58-/m1/s1. The Hall–Kier alpha value is -6.92. The fourth-order valence-electron chi connectivity index (χ4n) is 8.21. The summed E-state index contributed by atoms with van der Waals surface area (Å²) in [7, 11) is 0. The number of Topliss-reactive ketones (excluding diaryl/α,β-unsaturated/α-hetero) is 1. The Morgan fingerprint density at radius 2 is 0.838 bits per heavy atom. The van der Waals surface area contributed by atoms with E-state index < -0.39 is 42.3 Å². The lowest BCUT2D eigenvalue weighted by Gasteiger charge is -2.47. The SMILES string of the molecule is CC(=O)Oc1c(C(C)=O)c(OCc2ccccc2)cc(OCc2ccccc2)c1[C@@H]1O[C@H](COCc2ccccc2)[C@@H](OCc2ccccc2)[C@H](OCc2ccccc2)[C@@H]1OCc1ccccc1. The molecule has 0 aromatic heterocycles. The summed E-state index contributed by atoms with van der Waals surface area (Å²) < 4.78 is 54.4. The Bertz CT molecular complexity index is 2630. The summed E-state index contributed by atoms with van der Waals surface area (Å²) in [5, 5.41) is 0. The molecule has 1 aliphatic heterocycles. The first-order valence-corrected chi connectivity index (χ1v) is 22.9. The van der Waals surface area contributed by atoms with Gasteiger partial charge in [-0.15, -0.1) is 0 Å². The van der Waals surface area contributed by atoms with E-state index >= 15 is 0 Å². The molecule has 0 spiro atoms. The maximum absolute atomic E-state index is 14.1. The fourth-order valence-corrected chi connectivity index (χ4v) is 8.21. The zero-order valence-electron chi connectivity index (χ0n) is 38.3. The van der Waals surface area contributed by atoms with E-state index in [0.717, 1.165) is 33.4 Å². The number of ether oxygens (including phenoxy) is 8. The average Bonchev–Trinajstić information content (AvgIpc) is 3.37. The van der Waals surface area contributed by atoms with E-state index in [0.29, 0.717) is 6.61 Å². The number of esters is 1. The Balaban J connectivity index is 1.30. The third-order valence-corrected chi connectivity index (χ3v) is 11.5. The molecule has 0 saturated carbocycles. The summed E-state index contributed by atoms with van der Waals surface area (Å²) >= 11 is 0. The molecule has 0 unspecified atom stereocenters. The molecule has 8 rings (SSSR count). The van der Waals surface area contributed by atoms with E-state index in [2.05, 4.69) is 0 Å². The zero-order chi connectivity index (χ0) is 46.9. The van der Waals surface area contributed by atoms with Crippen LogP contribution in [0, 0.1) is 0 Å². The summed E-state index contributed by atoms with van der Waals surface area (Å²) in [6, 6.07) is 60.5. The molecule has 1 saturated heterocycles. The van der Waals surface area contributed by atoms with Crippen LogP contribution in [0.25, 0.3) is 0 Å². The molecule has 5 atom stereocenters. The van der Waals surface area contributed by atoms with Gasteiger partial charge in [0.15, 0.2) is 11.5 Å². The van der Waals surface area contributed by atoms with Gasteiger partial charge < -0.3 is 37.9 Å². The molecule has 7 aromatic rings. The summed E-state index contributed by atoms with van der Waals surface area (Å²) in [5.41, 5.74) is 5.83. The number of rotatable bonds is 22. The van der Waals surface area contributed by atoms with Gasteiger partial charge >= 0.3 is 5.97 Å². The topological polar surface area (TPSA) is 108 Å². The minimum Gasteiger partial charge on any atom is -0.488 e. The van der Waals surface area contributed by atoms with E-state index in [1.165, 1.54) is 13.8 Å². The summed E-state index contributed by atoms with van der Waals surface area (Å²) in [6.45, 7) is 3.90. The van der Waals surface area contributed by atoms with Crippen molar-refractivity contribution >= 4 is 11.8 Å². The third-order valence-electron chi connectivity index (χ3n) is 11.5. The second-order valence-electron chi connectivity index (χ2n) is 16.6. The molecule has 0 radical (unpaired) electrons. The van der Waals surface area contributed by atoms with Crippen LogP contribution in [-0.2, 0) is 68.1 Å². The van der Waals surface area contributed by atoms with E-state index in [1.807, 2.05) is 182 Å². The third kappa shape index (κ3) is 12.9. The molecule has 0 N–H and O–H groups in total. The number of carbonyl (C=O) groups is 2. The maximum atomic E-state index is 14.1. The Kier molecular flexibility index (Phi) is 16.9.